The van der Waals surface area contributed by atoms with E-state index in [1.165, 1.54) is 12.1 Å². The quantitative estimate of drug-likeness (QED) is 0.655. The van der Waals surface area contributed by atoms with Crippen LogP contribution in [0, 0.1) is 12.7 Å². The molecule has 0 aliphatic heterocycles. The highest BCUT2D eigenvalue weighted by Crippen LogP contribution is 2.19. The summed E-state index contributed by atoms with van der Waals surface area (Å²) in [7, 11) is 0. The first-order chi connectivity index (χ1) is 12.5. The average molecular weight is 372 g/mol. The van der Waals surface area contributed by atoms with Gasteiger partial charge < -0.3 is 4.90 Å². The molecule has 26 heavy (non-hydrogen) atoms. The van der Waals surface area contributed by atoms with Crippen molar-refractivity contribution in [1.29, 1.82) is 0 Å². The van der Waals surface area contributed by atoms with Crippen LogP contribution in [0.2, 0.25) is 5.02 Å². The van der Waals surface area contributed by atoms with E-state index < -0.39 is 0 Å². The molecule has 0 aliphatic carbocycles. The van der Waals surface area contributed by atoms with Crippen LogP contribution in [-0.4, -0.2) is 27.1 Å². The third kappa shape index (κ3) is 3.78. The number of hydrogen-bond acceptors (Lipinski definition) is 2. The summed E-state index contributed by atoms with van der Waals surface area (Å²) in [6, 6.07) is 13.6. The normalized spacial score (nSPS) is 10.8. The summed E-state index contributed by atoms with van der Waals surface area (Å²) in [6.07, 6.45) is 1.56. The average Bonchev–Trinajstić information content (AvgIpc) is 3.00. The molecule has 3 aromatic rings. The SMILES string of the molecule is CCN(Cc1cccc(F)c1)C(=O)c1cnn(-c2cccc(Cl)c2)c1C. The molecular formula is C20H19ClFN3O. The van der Waals surface area contributed by atoms with Crippen LogP contribution in [0.1, 0.15) is 28.5 Å². The van der Waals surface area contributed by atoms with Gasteiger partial charge >= 0.3 is 0 Å². The topological polar surface area (TPSA) is 38.1 Å². The van der Waals surface area contributed by atoms with Gasteiger partial charge in [-0.1, -0.05) is 29.8 Å². The number of hydrogen-bond donors (Lipinski definition) is 0. The van der Waals surface area contributed by atoms with Gasteiger partial charge in [-0.3, -0.25) is 4.79 Å². The van der Waals surface area contributed by atoms with Gasteiger partial charge in [0.1, 0.15) is 5.82 Å². The van der Waals surface area contributed by atoms with Crippen LogP contribution < -0.4 is 0 Å². The molecule has 0 saturated carbocycles. The second kappa shape index (κ2) is 7.70. The molecule has 1 heterocycles. The first-order valence-corrected chi connectivity index (χ1v) is 8.71. The van der Waals surface area contributed by atoms with Crippen LogP contribution in [0.5, 0.6) is 0 Å². The minimum atomic E-state index is -0.309. The van der Waals surface area contributed by atoms with Crippen molar-refractivity contribution in [3.05, 3.63) is 82.4 Å². The summed E-state index contributed by atoms with van der Waals surface area (Å²) in [5.41, 5.74) is 2.79. The predicted molar refractivity (Wildman–Crippen MR) is 100 cm³/mol. The van der Waals surface area contributed by atoms with Gasteiger partial charge in [-0.05, 0) is 49.7 Å². The molecule has 0 unspecified atom stereocenters. The fourth-order valence-electron chi connectivity index (χ4n) is 2.84. The van der Waals surface area contributed by atoms with Crippen molar-refractivity contribution in [3.8, 4) is 5.69 Å². The van der Waals surface area contributed by atoms with E-state index >= 15 is 0 Å². The van der Waals surface area contributed by atoms with Gasteiger partial charge in [-0.2, -0.15) is 5.10 Å². The van der Waals surface area contributed by atoms with Gasteiger partial charge in [-0.15, -0.1) is 0 Å². The third-order valence-electron chi connectivity index (χ3n) is 4.22. The molecule has 6 heteroatoms. The summed E-state index contributed by atoms with van der Waals surface area (Å²) in [5.74, 6) is -0.446. The lowest BCUT2D eigenvalue weighted by molar-refractivity contribution is 0.0751. The Morgan fingerprint density at radius 3 is 2.69 bits per heavy atom. The molecule has 0 spiro atoms. The molecule has 0 aliphatic rings. The Labute approximate surface area is 156 Å². The van der Waals surface area contributed by atoms with Crippen LogP contribution >= 0.6 is 11.6 Å². The standard InChI is InChI=1S/C20H19ClFN3O/c1-3-24(13-15-6-4-8-17(22)10-15)20(26)19-12-23-25(14(19)2)18-9-5-7-16(21)11-18/h4-12H,3,13H2,1-2H3. The first kappa shape index (κ1) is 18.1. The zero-order chi connectivity index (χ0) is 18.7. The van der Waals surface area contributed by atoms with Gasteiger partial charge in [0.05, 0.1) is 23.1 Å². The molecule has 0 fully saturated rings. The highest BCUT2D eigenvalue weighted by atomic mass is 35.5. The van der Waals surface area contributed by atoms with E-state index in [-0.39, 0.29) is 11.7 Å². The predicted octanol–water partition coefficient (Wildman–Crippen LogP) is 4.64. The van der Waals surface area contributed by atoms with Crippen molar-refractivity contribution in [2.24, 2.45) is 0 Å². The van der Waals surface area contributed by atoms with E-state index in [4.69, 9.17) is 11.6 Å². The smallest absolute Gasteiger partial charge is 0.257 e. The van der Waals surface area contributed by atoms with Crippen LogP contribution in [-0.2, 0) is 6.54 Å². The molecule has 1 amide bonds. The van der Waals surface area contributed by atoms with Gasteiger partial charge in [0.25, 0.3) is 5.91 Å². The second-order valence-corrected chi connectivity index (χ2v) is 6.42. The molecular weight excluding hydrogens is 353 g/mol. The van der Waals surface area contributed by atoms with E-state index in [9.17, 15) is 9.18 Å². The van der Waals surface area contributed by atoms with Crippen LogP contribution in [0.4, 0.5) is 4.39 Å². The second-order valence-electron chi connectivity index (χ2n) is 5.98. The highest BCUT2D eigenvalue weighted by molar-refractivity contribution is 6.30. The zero-order valence-electron chi connectivity index (χ0n) is 14.6. The third-order valence-corrected chi connectivity index (χ3v) is 4.46. The number of aromatic nitrogens is 2. The van der Waals surface area contributed by atoms with Crippen molar-refractivity contribution in [3.63, 3.8) is 0 Å². The Kier molecular flexibility index (Phi) is 5.38. The Bertz CT molecular complexity index is 938. The lowest BCUT2D eigenvalue weighted by Crippen LogP contribution is -2.30. The van der Waals surface area contributed by atoms with Gasteiger partial charge in [-0.25, -0.2) is 9.07 Å². The van der Waals surface area contributed by atoms with Crippen LogP contribution in [0.15, 0.2) is 54.7 Å². The van der Waals surface area contributed by atoms with Crippen molar-refractivity contribution in [1.82, 2.24) is 14.7 Å². The molecule has 0 N–H and O–H groups in total. The summed E-state index contributed by atoms with van der Waals surface area (Å²) in [5, 5.41) is 4.94. The number of benzene rings is 2. The minimum absolute atomic E-state index is 0.137. The number of halogens is 2. The van der Waals surface area contributed by atoms with E-state index in [2.05, 4.69) is 5.10 Å². The van der Waals surface area contributed by atoms with Gasteiger partial charge in [0, 0.05) is 18.1 Å². The van der Waals surface area contributed by atoms with Crippen molar-refractivity contribution in [2.75, 3.05) is 6.54 Å². The maximum absolute atomic E-state index is 13.4. The summed E-state index contributed by atoms with van der Waals surface area (Å²) < 4.78 is 15.1. The van der Waals surface area contributed by atoms with Gasteiger partial charge in [0.2, 0.25) is 0 Å². The molecule has 1 aromatic heterocycles. The molecule has 0 radical (unpaired) electrons. The lowest BCUT2D eigenvalue weighted by Gasteiger charge is -2.21. The van der Waals surface area contributed by atoms with E-state index in [1.54, 1.807) is 40.0 Å². The van der Waals surface area contributed by atoms with Crippen molar-refractivity contribution >= 4 is 17.5 Å². The van der Waals surface area contributed by atoms with Crippen LogP contribution in [0.25, 0.3) is 5.69 Å². The first-order valence-electron chi connectivity index (χ1n) is 8.34. The zero-order valence-corrected chi connectivity index (χ0v) is 15.4. The molecule has 0 atom stereocenters. The fourth-order valence-corrected chi connectivity index (χ4v) is 3.03. The monoisotopic (exact) mass is 371 g/mol. The lowest BCUT2D eigenvalue weighted by atomic mass is 10.1. The van der Waals surface area contributed by atoms with Gasteiger partial charge in [0.15, 0.2) is 0 Å². The number of nitrogens with zero attached hydrogens (tertiary/aromatic N) is 3. The Morgan fingerprint density at radius 1 is 1.23 bits per heavy atom. The number of amides is 1. The Balaban J connectivity index is 1.87. The summed E-state index contributed by atoms with van der Waals surface area (Å²) in [6.45, 7) is 4.59. The van der Waals surface area contributed by atoms with E-state index in [1.807, 2.05) is 26.0 Å². The maximum atomic E-state index is 13.4. The molecule has 4 nitrogen and oxygen atoms in total. The number of carbonyl (C=O) groups is 1. The molecule has 134 valence electrons. The Morgan fingerprint density at radius 2 is 2.00 bits per heavy atom. The minimum Gasteiger partial charge on any atom is -0.334 e. The maximum Gasteiger partial charge on any atom is 0.257 e. The van der Waals surface area contributed by atoms with E-state index in [0.717, 1.165) is 16.9 Å². The van der Waals surface area contributed by atoms with E-state index in [0.29, 0.717) is 23.7 Å². The number of carbonyl (C=O) groups excluding carboxylic acids is 1. The fraction of sp³-hybridized carbons (Fsp3) is 0.200. The molecule has 0 bridgehead atoms. The highest BCUT2D eigenvalue weighted by Gasteiger charge is 2.20. The number of rotatable bonds is 5. The summed E-state index contributed by atoms with van der Waals surface area (Å²) in [4.78, 5) is 14.6. The van der Waals surface area contributed by atoms with Crippen molar-refractivity contribution in [2.45, 2.75) is 20.4 Å². The Hall–Kier alpha value is -2.66. The van der Waals surface area contributed by atoms with Crippen LogP contribution in [0.3, 0.4) is 0 Å². The molecule has 2 aromatic carbocycles. The molecule has 3 rings (SSSR count). The largest absolute Gasteiger partial charge is 0.334 e. The summed E-state index contributed by atoms with van der Waals surface area (Å²) >= 11 is 6.05. The van der Waals surface area contributed by atoms with Crippen molar-refractivity contribution < 1.29 is 9.18 Å². The molecule has 0 saturated heterocycles.